The summed E-state index contributed by atoms with van der Waals surface area (Å²) >= 11 is 0. The molecule has 16 heavy (non-hydrogen) atoms. The number of hydrogen-bond acceptors (Lipinski definition) is 4. The summed E-state index contributed by atoms with van der Waals surface area (Å²) in [5.74, 6) is -1.02. The lowest BCUT2D eigenvalue weighted by molar-refractivity contribution is -0.162. The van der Waals surface area contributed by atoms with Crippen molar-refractivity contribution in [3.05, 3.63) is 12.7 Å². The highest BCUT2D eigenvalue weighted by Gasteiger charge is 2.58. The maximum Gasteiger partial charge on any atom is 0.410 e. The maximum atomic E-state index is 11.6. The van der Waals surface area contributed by atoms with E-state index < -0.39 is 17.7 Å². The molecule has 2 rings (SSSR count). The predicted octanol–water partition coefficient (Wildman–Crippen LogP) is 0.237. The van der Waals surface area contributed by atoms with Crippen molar-refractivity contribution in [1.29, 1.82) is 0 Å². The fourth-order valence-electron chi connectivity index (χ4n) is 2.11. The Morgan fingerprint density at radius 2 is 2.44 bits per heavy atom. The summed E-state index contributed by atoms with van der Waals surface area (Å²) in [5.41, 5.74) is -1.22. The molecule has 88 valence electrons. The summed E-state index contributed by atoms with van der Waals surface area (Å²) < 4.78 is 10.1. The van der Waals surface area contributed by atoms with Gasteiger partial charge in [-0.25, -0.2) is 9.59 Å². The molecule has 2 fully saturated rings. The van der Waals surface area contributed by atoms with Gasteiger partial charge in [0.2, 0.25) is 0 Å². The fraction of sp³-hybridized carbons (Fsp3) is 0.600. The summed E-state index contributed by atoms with van der Waals surface area (Å²) in [6, 6.07) is -0.187. The second-order valence-electron chi connectivity index (χ2n) is 3.96. The highest BCUT2D eigenvalue weighted by Crippen LogP contribution is 2.37. The van der Waals surface area contributed by atoms with Crippen LogP contribution in [0.4, 0.5) is 4.79 Å². The molecule has 0 radical (unpaired) electrons. The Kier molecular flexibility index (Phi) is 2.59. The fourth-order valence-corrected chi connectivity index (χ4v) is 2.11. The van der Waals surface area contributed by atoms with E-state index in [1.165, 1.54) is 11.0 Å². The van der Waals surface area contributed by atoms with Crippen LogP contribution in [0.1, 0.15) is 6.42 Å². The van der Waals surface area contributed by atoms with E-state index in [4.69, 9.17) is 14.6 Å². The Labute approximate surface area is 92.4 Å². The average molecular weight is 227 g/mol. The predicted molar refractivity (Wildman–Crippen MR) is 53.0 cm³/mol. The second-order valence-corrected chi connectivity index (χ2v) is 3.96. The Morgan fingerprint density at radius 3 is 3.00 bits per heavy atom. The van der Waals surface area contributed by atoms with Crippen molar-refractivity contribution in [3.8, 4) is 0 Å². The van der Waals surface area contributed by atoms with Crippen molar-refractivity contribution >= 4 is 12.1 Å². The molecule has 0 unspecified atom stereocenters. The van der Waals surface area contributed by atoms with Crippen LogP contribution in [0.5, 0.6) is 0 Å². The van der Waals surface area contributed by atoms with Crippen LogP contribution < -0.4 is 0 Å². The first-order valence-corrected chi connectivity index (χ1v) is 5.01. The summed E-state index contributed by atoms with van der Waals surface area (Å²) in [6.07, 6.45) is 1.30. The first-order valence-electron chi connectivity index (χ1n) is 5.01. The van der Waals surface area contributed by atoms with Gasteiger partial charge in [-0.05, 0) is 0 Å². The molecule has 0 spiro atoms. The third kappa shape index (κ3) is 1.55. The monoisotopic (exact) mass is 227 g/mol. The SMILES string of the molecule is C=CCOC(=O)N1C[C@]2(C(=O)O)C[C@H]1CO2. The minimum absolute atomic E-state index is 0.0585. The molecule has 1 N–H and O–H groups in total. The van der Waals surface area contributed by atoms with Gasteiger partial charge in [-0.2, -0.15) is 0 Å². The van der Waals surface area contributed by atoms with E-state index in [-0.39, 0.29) is 25.8 Å². The molecule has 2 aliphatic rings. The van der Waals surface area contributed by atoms with Crippen LogP contribution in [0.2, 0.25) is 0 Å². The Morgan fingerprint density at radius 1 is 1.69 bits per heavy atom. The molecule has 2 atom stereocenters. The van der Waals surface area contributed by atoms with Crippen LogP contribution >= 0.6 is 0 Å². The number of amides is 1. The number of fused-ring (bicyclic) bond motifs is 2. The zero-order chi connectivity index (χ0) is 11.8. The van der Waals surface area contributed by atoms with E-state index in [1.807, 2.05) is 0 Å². The van der Waals surface area contributed by atoms with Gasteiger partial charge in [0.05, 0.1) is 19.2 Å². The molecule has 2 bridgehead atoms. The van der Waals surface area contributed by atoms with Crippen LogP contribution in [0.25, 0.3) is 0 Å². The van der Waals surface area contributed by atoms with Gasteiger partial charge in [-0.3, -0.25) is 4.90 Å². The van der Waals surface area contributed by atoms with Crippen molar-refractivity contribution in [2.24, 2.45) is 0 Å². The maximum absolute atomic E-state index is 11.6. The molecule has 0 aliphatic carbocycles. The van der Waals surface area contributed by atoms with E-state index >= 15 is 0 Å². The van der Waals surface area contributed by atoms with E-state index in [0.29, 0.717) is 6.42 Å². The lowest BCUT2D eigenvalue weighted by Crippen LogP contribution is -2.49. The first kappa shape index (κ1) is 10.9. The van der Waals surface area contributed by atoms with Crippen molar-refractivity contribution in [3.63, 3.8) is 0 Å². The van der Waals surface area contributed by atoms with E-state index in [0.717, 1.165) is 0 Å². The number of carbonyl (C=O) groups excluding carboxylic acids is 1. The summed E-state index contributed by atoms with van der Waals surface area (Å²) in [6.45, 7) is 3.88. The summed E-state index contributed by atoms with van der Waals surface area (Å²) in [4.78, 5) is 24.0. The van der Waals surface area contributed by atoms with Crippen LogP contribution in [-0.2, 0) is 14.3 Å². The van der Waals surface area contributed by atoms with Gasteiger partial charge in [-0.1, -0.05) is 12.7 Å². The number of nitrogens with zero attached hydrogens (tertiary/aromatic N) is 1. The van der Waals surface area contributed by atoms with Crippen LogP contribution in [-0.4, -0.2) is 53.5 Å². The summed E-state index contributed by atoms with van der Waals surface area (Å²) in [5, 5.41) is 9.05. The highest BCUT2D eigenvalue weighted by atomic mass is 16.6. The summed E-state index contributed by atoms with van der Waals surface area (Å²) in [7, 11) is 0. The van der Waals surface area contributed by atoms with Crippen molar-refractivity contribution in [2.45, 2.75) is 18.1 Å². The van der Waals surface area contributed by atoms with E-state index in [9.17, 15) is 9.59 Å². The quantitative estimate of drug-likeness (QED) is 0.699. The van der Waals surface area contributed by atoms with Crippen molar-refractivity contribution in [1.82, 2.24) is 4.90 Å². The number of hydrogen-bond donors (Lipinski definition) is 1. The van der Waals surface area contributed by atoms with Gasteiger partial charge in [0, 0.05) is 6.42 Å². The van der Waals surface area contributed by atoms with Crippen molar-refractivity contribution < 1.29 is 24.2 Å². The van der Waals surface area contributed by atoms with E-state index in [2.05, 4.69) is 6.58 Å². The molecule has 6 nitrogen and oxygen atoms in total. The number of carboxylic acid groups (broad SMARTS) is 1. The minimum atomic E-state index is -1.22. The number of morpholine rings is 1. The molecule has 2 heterocycles. The number of ether oxygens (including phenoxy) is 2. The van der Waals surface area contributed by atoms with Gasteiger partial charge >= 0.3 is 12.1 Å². The normalized spacial score (nSPS) is 31.5. The number of aliphatic carboxylic acids is 1. The van der Waals surface area contributed by atoms with Gasteiger partial charge < -0.3 is 14.6 Å². The Hall–Kier alpha value is -1.56. The number of likely N-dealkylation sites (tertiary alicyclic amines) is 1. The molecular weight excluding hydrogens is 214 g/mol. The Bertz CT molecular complexity index is 342. The average Bonchev–Trinajstić information content (AvgIpc) is 2.84. The molecule has 1 amide bonds. The molecular formula is C10H13NO5. The van der Waals surface area contributed by atoms with Crippen molar-refractivity contribution in [2.75, 3.05) is 19.8 Å². The van der Waals surface area contributed by atoms with Gasteiger partial charge in [0.15, 0.2) is 5.60 Å². The molecule has 2 saturated heterocycles. The standard InChI is InChI=1S/C10H13NO5/c1-2-3-15-9(14)11-6-10(8(12)13)4-7(11)5-16-10/h2,7H,1,3-6H2,(H,12,13)/t7-,10-/m0/s1. The van der Waals surface area contributed by atoms with E-state index in [1.54, 1.807) is 0 Å². The highest BCUT2D eigenvalue weighted by molar-refractivity contribution is 5.81. The molecule has 6 heteroatoms. The van der Waals surface area contributed by atoms with Crippen LogP contribution in [0.15, 0.2) is 12.7 Å². The number of carboxylic acids is 1. The molecule has 0 aromatic heterocycles. The van der Waals surface area contributed by atoms with Gasteiger partial charge in [0.1, 0.15) is 6.61 Å². The Balaban J connectivity index is 2.03. The molecule has 2 aliphatic heterocycles. The first-order chi connectivity index (χ1) is 7.59. The smallest absolute Gasteiger partial charge is 0.410 e. The van der Waals surface area contributed by atoms with Gasteiger partial charge in [-0.15, -0.1) is 0 Å². The third-order valence-electron chi connectivity index (χ3n) is 2.93. The molecule has 0 aromatic rings. The van der Waals surface area contributed by atoms with Crippen LogP contribution in [0.3, 0.4) is 0 Å². The zero-order valence-corrected chi connectivity index (χ0v) is 8.72. The topological polar surface area (TPSA) is 76.1 Å². The number of rotatable bonds is 3. The zero-order valence-electron chi connectivity index (χ0n) is 8.72. The lowest BCUT2D eigenvalue weighted by atomic mass is 10.0. The second kappa shape index (κ2) is 3.79. The lowest BCUT2D eigenvalue weighted by Gasteiger charge is -2.29. The third-order valence-corrected chi connectivity index (χ3v) is 2.93. The number of carbonyl (C=O) groups is 2. The van der Waals surface area contributed by atoms with Gasteiger partial charge in [0.25, 0.3) is 0 Å². The van der Waals surface area contributed by atoms with Crippen LogP contribution in [0, 0.1) is 0 Å². The minimum Gasteiger partial charge on any atom is -0.479 e. The largest absolute Gasteiger partial charge is 0.479 e. The molecule has 0 saturated carbocycles. The molecule has 0 aromatic carbocycles.